The Kier molecular flexibility index (Phi) is 4.07. The first kappa shape index (κ1) is 16.4. The fourth-order valence-electron chi connectivity index (χ4n) is 4.32. The van der Waals surface area contributed by atoms with Gasteiger partial charge in [0.1, 0.15) is 5.52 Å². The number of piperidine rings is 1. The van der Waals surface area contributed by atoms with Crippen molar-refractivity contribution in [3.8, 4) is 0 Å². The van der Waals surface area contributed by atoms with Gasteiger partial charge in [-0.3, -0.25) is 4.79 Å². The molecule has 0 saturated carbocycles. The van der Waals surface area contributed by atoms with E-state index in [1.165, 1.54) is 11.1 Å². The predicted molar refractivity (Wildman–Crippen MR) is 105 cm³/mol. The number of fused-ring (bicyclic) bond motifs is 2. The van der Waals surface area contributed by atoms with Crippen LogP contribution in [0, 0.1) is 5.92 Å². The predicted octanol–water partition coefficient (Wildman–Crippen LogP) is 3.85. The Morgan fingerprint density at radius 2 is 1.81 bits per heavy atom. The fraction of sp³-hybridized carbons (Fsp3) is 0.364. The maximum Gasteiger partial charge on any atom is 0.298 e. The van der Waals surface area contributed by atoms with Crippen LogP contribution in [-0.2, 0) is 11.2 Å². The Labute approximate surface area is 158 Å². The lowest BCUT2D eigenvalue weighted by atomic mass is 9.95. The summed E-state index contributed by atoms with van der Waals surface area (Å²) in [5.74, 6) is 0.257. The van der Waals surface area contributed by atoms with Crippen molar-refractivity contribution >= 4 is 23.0 Å². The number of para-hydroxylation sites is 2. The molecule has 1 saturated heterocycles. The van der Waals surface area contributed by atoms with Crippen LogP contribution in [0.3, 0.4) is 0 Å². The van der Waals surface area contributed by atoms with Gasteiger partial charge in [0, 0.05) is 19.0 Å². The van der Waals surface area contributed by atoms with E-state index in [4.69, 9.17) is 4.42 Å². The molecule has 1 aliphatic heterocycles. The minimum absolute atomic E-state index is 0.0680. The van der Waals surface area contributed by atoms with Crippen LogP contribution in [0.2, 0.25) is 0 Å². The van der Waals surface area contributed by atoms with Crippen molar-refractivity contribution in [2.45, 2.75) is 31.7 Å². The number of rotatable bonds is 3. The highest BCUT2D eigenvalue weighted by Gasteiger charge is 2.30. The van der Waals surface area contributed by atoms with E-state index < -0.39 is 0 Å². The number of aryl methyl sites for hydroxylation is 1. The SMILES string of the molecule is O=C(NC1CCc2ccccc21)C1CCN(c2nc3ccccc3o2)CC1. The van der Waals surface area contributed by atoms with E-state index in [0.717, 1.165) is 49.9 Å². The van der Waals surface area contributed by atoms with E-state index in [1.807, 2.05) is 24.3 Å². The van der Waals surface area contributed by atoms with Gasteiger partial charge in [0.25, 0.3) is 6.01 Å². The number of hydrogen-bond donors (Lipinski definition) is 1. The molecule has 27 heavy (non-hydrogen) atoms. The van der Waals surface area contributed by atoms with E-state index in [-0.39, 0.29) is 17.9 Å². The molecule has 2 heterocycles. The molecule has 5 heteroatoms. The number of amides is 1. The smallest absolute Gasteiger partial charge is 0.298 e. The van der Waals surface area contributed by atoms with Gasteiger partial charge in [-0.25, -0.2) is 0 Å². The van der Waals surface area contributed by atoms with E-state index in [9.17, 15) is 4.79 Å². The molecule has 0 bridgehead atoms. The van der Waals surface area contributed by atoms with Crippen molar-refractivity contribution in [2.75, 3.05) is 18.0 Å². The van der Waals surface area contributed by atoms with E-state index in [0.29, 0.717) is 6.01 Å². The molecule has 2 aliphatic rings. The van der Waals surface area contributed by atoms with Crippen LogP contribution >= 0.6 is 0 Å². The first-order valence-corrected chi connectivity index (χ1v) is 9.76. The monoisotopic (exact) mass is 361 g/mol. The Balaban J connectivity index is 1.21. The summed E-state index contributed by atoms with van der Waals surface area (Å²) in [5.41, 5.74) is 4.35. The Morgan fingerprint density at radius 3 is 2.67 bits per heavy atom. The lowest BCUT2D eigenvalue weighted by molar-refractivity contribution is -0.126. The van der Waals surface area contributed by atoms with E-state index in [2.05, 4.69) is 39.5 Å². The van der Waals surface area contributed by atoms with Crippen LogP contribution in [0.5, 0.6) is 0 Å². The fourth-order valence-corrected chi connectivity index (χ4v) is 4.32. The molecule has 3 aromatic rings. The summed E-state index contributed by atoms with van der Waals surface area (Å²) in [6.07, 6.45) is 3.72. The highest BCUT2D eigenvalue weighted by molar-refractivity contribution is 5.80. The normalized spacial score (nSPS) is 20.0. The molecule has 1 aromatic heterocycles. The number of carbonyl (C=O) groups excluding carboxylic acids is 1. The third kappa shape index (κ3) is 3.07. The number of benzene rings is 2. The first-order chi connectivity index (χ1) is 13.3. The molecule has 2 aromatic carbocycles. The second kappa shape index (κ2) is 6.72. The molecular weight excluding hydrogens is 338 g/mol. The average Bonchev–Trinajstić information content (AvgIpc) is 3.32. The van der Waals surface area contributed by atoms with Gasteiger partial charge in [0.2, 0.25) is 5.91 Å². The number of nitrogens with zero attached hydrogens (tertiary/aromatic N) is 2. The molecule has 5 rings (SSSR count). The molecule has 0 radical (unpaired) electrons. The van der Waals surface area contributed by atoms with Gasteiger partial charge in [-0.05, 0) is 48.9 Å². The average molecular weight is 361 g/mol. The van der Waals surface area contributed by atoms with Gasteiger partial charge in [-0.1, -0.05) is 36.4 Å². The highest BCUT2D eigenvalue weighted by atomic mass is 16.4. The maximum atomic E-state index is 12.8. The standard InChI is InChI=1S/C22H23N3O2/c26-21(23-18-10-9-15-5-1-2-6-17(15)18)16-11-13-25(14-12-16)22-24-19-7-3-4-8-20(19)27-22/h1-8,16,18H,9-14H2,(H,23,26). The number of hydrogen-bond acceptors (Lipinski definition) is 4. The van der Waals surface area contributed by atoms with Crippen LogP contribution < -0.4 is 10.2 Å². The van der Waals surface area contributed by atoms with Gasteiger partial charge < -0.3 is 14.6 Å². The second-order valence-electron chi connectivity index (χ2n) is 7.52. The van der Waals surface area contributed by atoms with Crippen molar-refractivity contribution in [3.05, 3.63) is 59.7 Å². The summed E-state index contributed by atoms with van der Waals surface area (Å²) in [5, 5.41) is 3.28. The van der Waals surface area contributed by atoms with E-state index in [1.54, 1.807) is 0 Å². The maximum absolute atomic E-state index is 12.8. The molecule has 1 amide bonds. The Hall–Kier alpha value is -2.82. The van der Waals surface area contributed by atoms with Crippen molar-refractivity contribution in [1.82, 2.24) is 10.3 Å². The molecular formula is C22H23N3O2. The number of carbonyl (C=O) groups is 1. The summed E-state index contributed by atoms with van der Waals surface area (Å²) in [7, 11) is 0. The van der Waals surface area contributed by atoms with Crippen LogP contribution in [-0.4, -0.2) is 24.0 Å². The molecule has 1 N–H and O–H groups in total. The Morgan fingerprint density at radius 1 is 1.04 bits per heavy atom. The molecule has 5 nitrogen and oxygen atoms in total. The zero-order chi connectivity index (χ0) is 18.2. The van der Waals surface area contributed by atoms with Gasteiger partial charge in [-0.2, -0.15) is 4.98 Å². The Bertz CT molecular complexity index is 939. The summed E-state index contributed by atoms with van der Waals surface area (Å²) < 4.78 is 5.86. The minimum atomic E-state index is 0.0680. The third-order valence-electron chi connectivity index (χ3n) is 5.87. The van der Waals surface area contributed by atoms with Gasteiger partial charge in [0.05, 0.1) is 6.04 Å². The van der Waals surface area contributed by atoms with Gasteiger partial charge in [-0.15, -0.1) is 0 Å². The zero-order valence-corrected chi connectivity index (χ0v) is 15.2. The van der Waals surface area contributed by atoms with Crippen LogP contribution in [0.15, 0.2) is 52.9 Å². The molecule has 138 valence electrons. The molecule has 0 spiro atoms. The lowest BCUT2D eigenvalue weighted by Gasteiger charge is -2.30. The molecule has 1 aliphatic carbocycles. The van der Waals surface area contributed by atoms with Gasteiger partial charge >= 0.3 is 0 Å². The quantitative estimate of drug-likeness (QED) is 0.770. The summed E-state index contributed by atoms with van der Waals surface area (Å²) in [6, 6.07) is 17.1. The van der Waals surface area contributed by atoms with Crippen molar-refractivity contribution in [3.63, 3.8) is 0 Å². The van der Waals surface area contributed by atoms with Crippen LogP contribution in [0.4, 0.5) is 6.01 Å². The molecule has 1 atom stereocenters. The highest BCUT2D eigenvalue weighted by Crippen LogP contribution is 2.32. The van der Waals surface area contributed by atoms with Crippen LogP contribution in [0.1, 0.15) is 36.4 Å². The van der Waals surface area contributed by atoms with Crippen molar-refractivity contribution in [2.24, 2.45) is 5.92 Å². The lowest BCUT2D eigenvalue weighted by Crippen LogP contribution is -2.41. The number of anilines is 1. The first-order valence-electron chi connectivity index (χ1n) is 9.76. The van der Waals surface area contributed by atoms with E-state index >= 15 is 0 Å². The second-order valence-corrected chi connectivity index (χ2v) is 7.52. The van der Waals surface area contributed by atoms with Crippen LogP contribution in [0.25, 0.3) is 11.1 Å². The van der Waals surface area contributed by atoms with Gasteiger partial charge in [0.15, 0.2) is 5.58 Å². The van der Waals surface area contributed by atoms with Crippen molar-refractivity contribution in [1.29, 1.82) is 0 Å². The number of nitrogens with one attached hydrogen (secondary N) is 1. The molecule has 1 unspecified atom stereocenters. The topological polar surface area (TPSA) is 58.4 Å². The zero-order valence-electron chi connectivity index (χ0n) is 15.2. The van der Waals surface area contributed by atoms with Crippen molar-refractivity contribution < 1.29 is 9.21 Å². The summed E-state index contributed by atoms with van der Waals surface area (Å²) in [4.78, 5) is 19.5. The largest absolute Gasteiger partial charge is 0.423 e. The third-order valence-corrected chi connectivity index (χ3v) is 5.87. The summed E-state index contributed by atoms with van der Waals surface area (Å²) in [6.45, 7) is 1.60. The molecule has 1 fully saturated rings. The summed E-state index contributed by atoms with van der Waals surface area (Å²) >= 11 is 0. The minimum Gasteiger partial charge on any atom is -0.423 e. The number of oxazole rings is 1. The number of aromatic nitrogens is 1.